The van der Waals surface area contributed by atoms with Gasteiger partial charge in [-0.2, -0.15) is 0 Å². The van der Waals surface area contributed by atoms with E-state index in [9.17, 15) is 0 Å². The number of benzene rings is 1. The molecule has 0 N–H and O–H groups in total. The first-order valence-electron chi connectivity index (χ1n) is 6.98. The molecule has 0 amide bonds. The summed E-state index contributed by atoms with van der Waals surface area (Å²) >= 11 is 0. The molecule has 0 aliphatic heterocycles. The molecule has 2 aromatic rings. The van der Waals surface area contributed by atoms with Crippen molar-refractivity contribution in [1.82, 2.24) is 0 Å². The van der Waals surface area contributed by atoms with Gasteiger partial charge < -0.3 is 24.8 Å². The average Bonchev–Trinajstić information content (AvgIpc) is 2.84. The number of allylic oxidation sites excluding steroid dienone is 4. The molecule has 3 heteroatoms. The molecule has 0 spiro atoms. The summed E-state index contributed by atoms with van der Waals surface area (Å²) in [6.07, 6.45) is 0. The number of fused-ring (bicyclic) bond motifs is 1. The Balaban J connectivity index is 0.00000147. The maximum absolute atomic E-state index is 2.34. The topological polar surface area (TPSA) is 0 Å². The van der Waals surface area contributed by atoms with Crippen LogP contribution in [0.1, 0.15) is 40.2 Å². The van der Waals surface area contributed by atoms with Crippen LogP contribution in [0.3, 0.4) is 0 Å². The molecule has 0 bridgehead atoms. The molecule has 0 unspecified atom stereocenters. The van der Waals surface area contributed by atoms with Crippen LogP contribution >= 0.6 is 0 Å². The standard InChI is InChI=1S/C19H21.2ClH.Zr/c1-12-13(2)18(19(4,5)14(12)3)17-10-15-8-6-7-9-16(15)11-17;;;/h6-11H,1-5H3;2*1H;/q-1;;;+3/p-2. The van der Waals surface area contributed by atoms with Crippen LogP contribution in [0.25, 0.3) is 16.3 Å². The minimum atomic E-state index is 0. The fraction of sp³-hybridized carbons (Fsp3) is 0.316. The Hall–Kier alpha value is -0.227. The van der Waals surface area contributed by atoms with Crippen LogP contribution in [0, 0.1) is 5.41 Å². The summed E-state index contributed by atoms with van der Waals surface area (Å²) in [4.78, 5) is 0. The van der Waals surface area contributed by atoms with Gasteiger partial charge in [0.05, 0.1) is 0 Å². The van der Waals surface area contributed by atoms with Crippen LogP contribution in [0.4, 0.5) is 0 Å². The van der Waals surface area contributed by atoms with Crippen molar-refractivity contribution in [2.24, 2.45) is 5.41 Å². The summed E-state index contributed by atoms with van der Waals surface area (Å²) in [5.41, 5.74) is 7.46. The second kappa shape index (κ2) is 7.56. The van der Waals surface area contributed by atoms with E-state index in [4.69, 9.17) is 0 Å². The van der Waals surface area contributed by atoms with Crippen LogP contribution in [-0.2, 0) is 26.2 Å². The van der Waals surface area contributed by atoms with E-state index in [0.717, 1.165) is 0 Å². The fourth-order valence-electron chi connectivity index (χ4n) is 3.47. The molecule has 2 aromatic carbocycles. The van der Waals surface area contributed by atoms with E-state index in [2.05, 4.69) is 71.0 Å². The Morgan fingerprint density at radius 2 is 1.50 bits per heavy atom. The molecule has 1 aliphatic carbocycles. The third-order valence-corrected chi connectivity index (χ3v) is 4.97. The van der Waals surface area contributed by atoms with Crippen LogP contribution in [0.15, 0.2) is 53.1 Å². The molecule has 0 aromatic heterocycles. The van der Waals surface area contributed by atoms with Gasteiger partial charge in [0.25, 0.3) is 0 Å². The van der Waals surface area contributed by atoms with Crippen molar-refractivity contribution in [2.45, 2.75) is 34.6 Å². The van der Waals surface area contributed by atoms with Crippen LogP contribution in [0.2, 0.25) is 0 Å². The zero-order valence-corrected chi connectivity index (χ0v) is 17.7. The number of halogens is 2. The number of rotatable bonds is 1. The summed E-state index contributed by atoms with van der Waals surface area (Å²) in [6.45, 7) is 11.5. The third-order valence-electron chi connectivity index (χ3n) is 4.97. The van der Waals surface area contributed by atoms with Gasteiger partial charge in [-0.3, -0.25) is 0 Å². The normalized spacial score (nSPS) is 16.2. The van der Waals surface area contributed by atoms with E-state index < -0.39 is 0 Å². The summed E-state index contributed by atoms with van der Waals surface area (Å²) < 4.78 is 0. The SMILES string of the molecule is CC1=C(C)C(C)(C)C(c2cc3ccccc3[cH-]2)=C1C.[Cl-].[Cl-].[Zr+3]. The van der Waals surface area contributed by atoms with Crippen LogP contribution in [-0.4, -0.2) is 0 Å². The number of hydrogen-bond acceptors (Lipinski definition) is 0. The molecular formula is C19H21Cl2Zr. The van der Waals surface area contributed by atoms with Crippen LogP contribution in [0.5, 0.6) is 0 Å². The summed E-state index contributed by atoms with van der Waals surface area (Å²) in [5.74, 6) is 0. The van der Waals surface area contributed by atoms with Gasteiger partial charge in [0.2, 0.25) is 0 Å². The molecule has 0 fully saturated rings. The fourth-order valence-corrected chi connectivity index (χ4v) is 3.47. The van der Waals surface area contributed by atoms with E-state index in [1.807, 2.05) is 0 Å². The Bertz CT molecular complexity index is 700. The minimum absolute atomic E-state index is 0. The third kappa shape index (κ3) is 3.19. The van der Waals surface area contributed by atoms with Gasteiger partial charge in [-0.1, -0.05) is 54.3 Å². The zero-order valence-electron chi connectivity index (χ0n) is 13.7. The largest absolute Gasteiger partial charge is 3.00 e. The monoisotopic (exact) mass is 409 g/mol. The first-order valence-corrected chi connectivity index (χ1v) is 6.98. The Kier molecular flexibility index (Phi) is 7.48. The van der Waals surface area contributed by atoms with Crippen molar-refractivity contribution >= 4 is 16.3 Å². The van der Waals surface area contributed by atoms with Crippen LogP contribution < -0.4 is 24.8 Å². The predicted octanol–water partition coefficient (Wildman–Crippen LogP) is -0.286. The van der Waals surface area contributed by atoms with Crippen molar-refractivity contribution in [1.29, 1.82) is 0 Å². The summed E-state index contributed by atoms with van der Waals surface area (Å²) in [6, 6.07) is 13.3. The molecule has 3 rings (SSSR count). The molecule has 0 saturated carbocycles. The van der Waals surface area contributed by atoms with Gasteiger partial charge in [0.1, 0.15) is 0 Å². The predicted molar refractivity (Wildman–Crippen MR) is 84.3 cm³/mol. The van der Waals surface area contributed by atoms with Gasteiger partial charge in [0, 0.05) is 0 Å². The van der Waals surface area contributed by atoms with E-state index in [-0.39, 0.29) is 56.4 Å². The van der Waals surface area contributed by atoms with Crippen molar-refractivity contribution < 1.29 is 51.0 Å². The Morgan fingerprint density at radius 1 is 0.909 bits per heavy atom. The summed E-state index contributed by atoms with van der Waals surface area (Å²) in [5, 5.41) is 2.69. The summed E-state index contributed by atoms with van der Waals surface area (Å²) in [7, 11) is 0. The molecule has 0 saturated heterocycles. The molecule has 1 aliphatic rings. The second-order valence-corrected chi connectivity index (χ2v) is 6.25. The average molecular weight is 412 g/mol. The van der Waals surface area contributed by atoms with E-state index in [1.165, 1.54) is 38.6 Å². The van der Waals surface area contributed by atoms with E-state index >= 15 is 0 Å². The minimum Gasteiger partial charge on any atom is -1.00 e. The number of hydrogen-bond donors (Lipinski definition) is 0. The molecule has 22 heavy (non-hydrogen) atoms. The molecule has 0 atom stereocenters. The van der Waals surface area contributed by atoms with Gasteiger partial charge >= 0.3 is 26.2 Å². The van der Waals surface area contributed by atoms with E-state index in [1.54, 1.807) is 0 Å². The molecule has 0 heterocycles. The van der Waals surface area contributed by atoms with E-state index in [0.29, 0.717) is 0 Å². The molecular weight excluding hydrogens is 390 g/mol. The first-order chi connectivity index (χ1) is 8.93. The van der Waals surface area contributed by atoms with Crippen molar-refractivity contribution in [3.8, 4) is 0 Å². The first kappa shape index (κ1) is 21.8. The smallest absolute Gasteiger partial charge is 1.00 e. The molecule has 0 nitrogen and oxygen atoms in total. The van der Waals surface area contributed by atoms with Gasteiger partial charge in [-0.05, 0) is 26.2 Å². The Labute approximate surface area is 165 Å². The van der Waals surface area contributed by atoms with Gasteiger partial charge in [0.15, 0.2) is 0 Å². The van der Waals surface area contributed by atoms with Gasteiger partial charge in [-0.25, -0.2) is 0 Å². The quantitative estimate of drug-likeness (QED) is 0.566. The van der Waals surface area contributed by atoms with Gasteiger partial charge in [-0.15, -0.1) is 34.5 Å². The maximum Gasteiger partial charge on any atom is 3.00 e. The molecule has 115 valence electrons. The van der Waals surface area contributed by atoms with Crippen molar-refractivity contribution in [3.63, 3.8) is 0 Å². The van der Waals surface area contributed by atoms with Crippen molar-refractivity contribution in [3.05, 3.63) is 58.7 Å². The van der Waals surface area contributed by atoms with Crippen molar-refractivity contribution in [2.75, 3.05) is 0 Å². The maximum atomic E-state index is 2.34. The zero-order chi connectivity index (χ0) is 13.8. The Morgan fingerprint density at radius 3 is 2.00 bits per heavy atom. The molecule has 1 radical (unpaired) electrons. The second-order valence-electron chi connectivity index (χ2n) is 6.25.